The smallest absolute Gasteiger partial charge is 0.315 e. The van der Waals surface area contributed by atoms with Crippen LogP contribution in [0.25, 0.3) is 0 Å². The molecular formula is C28H50N4O7S. The molecule has 2 rings (SSSR count). The van der Waals surface area contributed by atoms with Crippen molar-refractivity contribution in [2.75, 3.05) is 58.5 Å². The molecule has 230 valence electrons. The molecule has 0 saturated carbocycles. The summed E-state index contributed by atoms with van der Waals surface area (Å²) in [6, 6.07) is 0.424. The molecule has 0 aromatic rings. The summed E-state index contributed by atoms with van der Waals surface area (Å²) in [5.41, 5.74) is 0. The van der Waals surface area contributed by atoms with Crippen LogP contribution in [0.1, 0.15) is 71.6 Å². The van der Waals surface area contributed by atoms with Gasteiger partial charge in [-0.05, 0) is 32.1 Å². The van der Waals surface area contributed by atoms with Crippen LogP contribution in [-0.2, 0) is 28.6 Å². The Morgan fingerprint density at radius 2 is 1.38 bits per heavy atom. The number of unbranched alkanes of at least 4 members (excludes halogenated alkanes) is 1. The third-order valence-corrected chi connectivity index (χ3v) is 8.38. The predicted octanol–water partition coefficient (Wildman–Crippen LogP) is 2.17. The summed E-state index contributed by atoms with van der Waals surface area (Å²) in [5.74, 6) is 1.25. The lowest BCUT2D eigenvalue weighted by Gasteiger charge is -2.16. The van der Waals surface area contributed by atoms with Crippen molar-refractivity contribution >= 4 is 35.4 Å². The van der Waals surface area contributed by atoms with Gasteiger partial charge in [-0.15, -0.1) is 0 Å². The molecule has 11 nitrogen and oxygen atoms in total. The normalized spacial score (nSPS) is 19.8. The van der Waals surface area contributed by atoms with Crippen LogP contribution in [0.15, 0.2) is 0 Å². The van der Waals surface area contributed by atoms with E-state index in [-0.39, 0.29) is 41.6 Å². The van der Waals surface area contributed by atoms with Gasteiger partial charge < -0.3 is 35.5 Å². The molecule has 3 atom stereocenters. The van der Waals surface area contributed by atoms with E-state index in [1.807, 2.05) is 25.6 Å². The zero-order chi connectivity index (χ0) is 29.0. The number of Topliss-reactive ketones (excluding diaryl/α,β-unsaturated/α-hetero) is 1. The maximum Gasteiger partial charge on any atom is 0.315 e. The lowest BCUT2D eigenvalue weighted by atomic mass is 10.0. The summed E-state index contributed by atoms with van der Waals surface area (Å²) in [4.78, 5) is 46.7. The number of thioether (sulfide) groups is 1. The summed E-state index contributed by atoms with van der Waals surface area (Å²) < 4.78 is 16.5. The molecule has 4 amide bonds. The Morgan fingerprint density at radius 1 is 0.800 bits per heavy atom. The number of fused-ring (bicyclic) bond motifs is 1. The number of ether oxygens (including phenoxy) is 3. The van der Waals surface area contributed by atoms with E-state index in [4.69, 9.17) is 14.2 Å². The number of hydrogen-bond acceptors (Lipinski definition) is 8. The zero-order valence-corrected chi connectivity index (χ0v) is 25.1. The standard InChI is InChI=1S/C28H50N4O7S/c1-21(2)23(33)8-5-11-26(35)30-13-7-15-38-17-19-39-18-16-37-14-6-12-29-25(34)10-4-3-9-24-27-22(20-40-24)31-28(36)32-27/h21-22,24,27H,3-20H2,1-2H3,(H,29,34)(H,30,35)(H2,31,32,36)/t22-,24-,27-/m0/s1. The minimum Gasteiger partial charge on any atom is -0.379 e. The molecule has 2 saturated heterocycles. The number of carbonyl (C=O) groups is 4. The maximum absolute atomic E-state index is 12.0. The van der Waals surface area contributed by atoms with E-state index in [1.165, 1.54) is 0 Å². The van der Waals surface area contributed by atoms with Gasteiger partial charge in [0.05, 0.1) is 38.5 Å². The van der Waals surface area contributed by atoms with Crippen LogP contribution in [-0.4, -0.2) is 99.4 Å². The first kappa shape index (κ1) is 34.3. The fourth-order valence-electron chi connectivity index (χ4n) is 4.51. The average molecular weight is 587 g/mol. The highest BCUT2D eigenvalue weighted by atomic mass is 32.2. The third kappa shape index (κ3) is 15.2. The predicted molar refractivity (Wildman–Crippen MR) is 155 cm³/mol. The van der Waals surface area contributed by atoms with E-state index in [0.717, 1.165) is 37.9 Å². The van der Waals surface area contributed by atoms with Crippen molar-refractivity contribution in [1.82, 2.24) is 21.3 Å². The number of amides is 4. The maximum atomic E-state index is 12.0. The molecule has 2 fully saturated rings. The molecule has 0 aliphatic carbocycles. The molecule has 4 N–H and O–H groups in total. The Hall–Kier alpha value is -1.89. The van der Waals surface area contributed by atoms with E-state index >= 15 is 0 Å². The lowest BCUT2D eigenvalue weighted by molar-refractivity contribution is -0.123. The SMILES string of the molecule is CC(C)C(=O)CCCC(=O)NCCCOCCOCCOCCCNC(=O)CCCC[C@@H]1SC[C@@H]2NC(=O)N[C@@H]21. The lowest BCUT2D eigenvalue weighted by Crippen LogP contribution is -2.36. The number of hydrogen-bond donors (Lipinski definition) is 4. The Balaban J connectivity index is 1.25. The van der Waals surface area contributed by atoms with Crippen LogP contribution in [0.2, 0.25) is 0 Å². The van der Waals surface area contributed by atoms with E-state index in [1.54, 1.807) is 0 Å². The van der Waals surface area contributed by atoms with Gasteiger partial charge >= 0.3 is 6.03 Å². The highest BCUT2D eigenvalue weighted by Gasteiger charge is 2.42. The summed E-state index contributed by atoms with van der Waals surface area (Å²) in [7, 11) is 0. The second kappa shape index (κ2) is 20.9. The highest BCUT2D eigenvalue weighted by molar-refractivity contribution is 8.00. The van der Waals surface area contributed by atoms with Gasteiger partial charge in [0.15, 0.2) is 0 Å². The number of nitrogens with one attached hydrogen (secondary N) is 4. The van der Waals surface area contributed by atoms with Gasteiger partial charge in [-0.25, -0.2) is 4.79 Å². The number of carbonyl (C=O) groups excluding carboxylic acids is 4. The molecule has 0 unspecified atom stereocenters. The van der Waals surface area contributed by atoms with Crippen molar-refractivity contribution in [3.05, 3.63) is 0 Å². The highest BCUT2D eigenvalue weighted by Crippen LogP contribution is 2.33. The largest absolute Gasteiger partial charge is 0.379 e. The van der Waals surface area contributed by atoms with Crippen molar-refractivity contribution in [2.45, 2.75) is 89.0 Å². The fraction of sp³-hybridized carbons (Fsp3) is 0.857. The monoisotopic (exact) mass is 586 g/mol. The third-order valence-electron chi connectivity index (χ3n) is 6.87. The Kier molecular flexibility index (Phi) is 17.9. The van der Waals surface area contributed by atoms with Crippen LogP contribution in [0, 0.1) is 5.92 Å². The number of rotatable bonds is 24. The van der Waals surface area contributed by atoms with Gasteiger partial charge in [0.25, 0.3) is 0 Å². The number of ketones is 1. The van der Waals surface area contributed by atoms with Crippen molar-refractivity contribution in [2.24, 2.45) is 5.92 Å². The molecule has 12 heteroatoms. The molecule has 0 aromatic heterocycles. The quantitative estimate of drug-likeness (QED) is 0.0995. The first-order chi connectivity index (χ1) is 19.4. The molecule has 0 aromatic carbocycles. The van der Waals surface area contributed by atoms with Crippen molar-refractivity contribution < 1.29 is 33.4 Å². The van der Waals surface area contributed by atoms with E-state index in [9.17, 15) is 19.2 Å². The van der Waals surface area contributed by atoms with Crippen LogP contribution < -0.4 is 21.3 Å². The minimum absolute atomic E-state index is 0.0227. The molecule has 0 radical (unpaired) electrons. The van der Waals surface area contributed by atoms with Gasteiger partial charge in [0.1, 0.15) is 5.78 Å². The van der Waals surface area contributed by atoms with E-state index in [0.29, 0.717) is 83.7 Å². The summed E-state index contributed by atoms with van der Waals surface area (Å²) >= 11 is 1.91. The van der Waals surface area contributed by atoms with E-state index in [2.05, 4.69) is 21.3 Å². The van der Waals surface area contributed by atoms with Crippen molar-refractivity contribution in [3.8, 4) is 0 Å². The molecule has 2 heterocycles. The molecule has 2 aliphatic heterocycles. The molecule has 2 aliphatic rings. The average Bonchev–Trinajstić information content (AvgIpc) is 3.47. The summed E-state index contributed by atoms with van der Waals surface area (Å²) in [5, 5.41) is 12.2. The summed E-state index contributed by atoms with van der Waals surface area (Å²) in [6.45, 7) is 8.01. The molecule has 40 heavy (non-hydrogen) atoms. The second-order valence-corrected chi connectivity index (χ2v) is 11.9. The Bertz CT molecular complexity index is 771. The summed E-state index contributed by atoms with van der Waals surface area (Å²) in [6.07, 6.45) is 6.33. The first-order valence-electron chi connectivity index (χ1n) is 14.8. The van der Waals surface area contributed by atoms with Gasteiger partial charge in [-0.3, -0.25) is 14.4 Å². The topological polar surface area (TPSA) is 144 Å². The van der Waals surface area contributed by atoms with Gasteiger partial charge in [0, 0.05) is 62.5 Å². The zero-order valence-electron chi connectivity index (χ0n) is 24.3. The van der Waals surface area contributed by atoms with Crippen molar-refractivity contribution in [1.29, 1.82) is 0 Å². The Morgan fingerprint density at radius 3 is 1.98 bits per heavy atom. The first-order valence-corrected chi connectivity index (χ1v) is 15.9. The van der Waals surface area contributed by atoms with Gasteiger partial charge in [0.2, 0.25) is 11.8 Å². The van der Waals surface area contributed by atoms with Crippen LogP contribution in [0.5, 0.6) is 0 Å². The van der Waals surface area contributed by atoms with Gasteiger partial charge in [-0.2, -0.15) is 11.8 Å². The fourth-order valence-corrected chi connectivity index (χ4v) is 6.05. The molecule has 0 spiro atoms. The Labute approximate surface area is 243 Å². The second-order valence-electron chi connectivity index (χ2n) is 10.6. The van der Waals surface area contributed by atoms with Crippen LogP contribution >= 0.6 is 11.8 Å². The van der Waals surface area contributed by atoms with Crippen LogP contribution in [0.4, 0.5) is 4.79 Å². The van der Waals surface area contributed by atoms with Gasteiger partial charge in [-0.1, -0.05) is 20.3 Å². The van der Waals surface area contributed by atoms with Crippen LogP contribution in [0.3, 0.4) is 0 Å². The van der Waals surface area contributed by atoms with E-state index < -0.39 is 0 Å². The van der Waals surface area contributed by atoms with Crippen molar-refractivity contribution in [3.63, 3.8) is 0 Å². The number of urea groups is 1. The molecular weight excluding hydrogens is 536 g/mol. The minimum atomic E-state index is -0.0573. The molecule has 0 bridgehead atoms.